The third-order valence-corrected chi connectivity index (χ3v) is 8.57. The number of nitrogens with two attached hydrogens (primary N) is 1. The number of hydrogen-bond donors (Lipinski definition) is 2. The first-order chi connectivity index (χ1) is 18.1. The van der Waals surface area contributed by atoms with Gasteiger partial charge in [0.05, 0.1) is 11.6 Å². The lowest BCUT2D eigenvalue weighted by atomic mass is 9.94. The van der Waals surface area contributed by atoms with E-state index in [9.17, 15) is 14.7 Å². The molecule has 2 atom stereocenters. The molecule has 1 aromatic carbocycles. The molecule has 3 aromatic rings. The van der Waals surface area contributed by atoms with E-state index in [1.54, 1.807) is 16.2 Å². The van der Waals surface area contributed by atoms with E-state index in [0.717, 1.165) is 26.6 Å². The van der Waals surface area contributed by atoms with E-state index in [0.29, 0.717) is 49.0 Å². The molecule has 1 fully saturated rings. The average molecular weight is 536 g/mol. The predicted molar refractivity (Wildman–Crippen MR) is 146 cm³/mol. The number of thiophene rings is 1. The number of aromatic nitrogens is 3. The molecule has 2 aliphatic rings. The van der Waals surface area contributed by atoms with Crippen LogP contribution in [0.15, 0.2) is 29.3 Å². The number of rotatable bonds is 7. The molecule has 1 saturated heterocycles. The topological polar surface area (TPSA) is 130 Å². The zero-order chi connectivity index (χ0) is 27.3. The quantitative estimate of drug-likeness (QED) is 0.476. The maximum absolute atomic E-state index is 12.8. The number of carbonyl (C=O) groups is 2. The third kappa shape index (κ3) is 4.55. The molecule has 0 radical (unpaired) electrons. The van der Waals surface area contributed by atoms with Crippen molar-refractivity contribution in [2.45, 2.75) is 39.3 Å². The zero-order valence-corrected chi connectivity index (χ0v) is 23.1. The van der Waals surface area contributed by atoms with E-state index in [2.05, 4.69) is 24.0 Å². The molecule has 10 nitrogen and oxygen atoms in total. The van der Waals surface area contributed by atoms with Gasteiger partial charge in [0, 0.05) is 40.7 Å². The molecule has 1 amide bonds. The smallest absolute Gasteiger partial charge is 0.309 e. The van der Waals surface area contributed by atoms with Gasteiger partial charge in [0.15, 0.2) is 5.82 Å². The van der Waals surface area contributed by atoms with Crippen molar-refractivity contribution in [1.29, 1.82) is 0 Å². The highest BCUT2D eigenvalue weighted by atomic mass is 32.1. The van der Waals surface area contributed by atoms with Crippen molar-refractivity contribution < 1.29 is 14.7 Å². The molecule has 2 aromatic heterocycles. The molecule has 2 unspecified atom stereocenters. The van der Waals surface area contributed by atoms with Crippen LogP contribution in [0.1, 0.15) is 56.0 Å². The van der Waals surface area contributed by atoms with Crippen LogP contribution in [0.5, 0.6) is 0 Å². The normalized spacial score (nSPS) is 17.9. The number of aliphatic carboxylic acids is 1. The van der Waals surface area contributed by atoms with Crippen LogP contribution in [0.25, 0.3) is 5.00 Å². The Morgan fingerprint density at radius 2 is 1.84 bits per heavy atom. The fourth-order valence-corrected chi connectivity index (χ4v) is 6.28. The minimum Gasteiger partial charge on any atom is -0.481 e. The Balaban J connectivity index is 1.64. The summed E-state index contributed by atoms with van der Waals surface area (Å²) in [5.74, 6) is -0.527. The summed E-state index contributed by atoms with van der Waals surface area (Å²) < 4.78 is 1.97. The van der Waals surface area contributed by atoms with Gasteiger partial charge >= 0.3 is 5.97 Å². The Kier molecular flexibility index (Phi) is 6.93. The summed E-state index contributed by atoms with van der Waals surface area (Å²) >= 11 is 1.63. The van der Waals surface area contributed by atoms with Gasteiger partial charge in [-0.1, -0.05) is 12.1 Å². The Morgan fingerprint density at radius 3 is 2.45 bits per heavy atom. The highest BCUT2D eigenvalue weighted by molar-refractivity contribution is 7.15. The summed E-state index contributed by atoms with van der Waals surface area (Å²) in [4.78, 5) is 35.4. The maximum atomic E-state index is 12.8. The molecule has 200 valence electrons. The first-order valence-corrected chi connectivity index (χ1v) is 13.5. The summed E-state index contributed by atoms with van der Waals surface area (Å²) in [5, 5.41) is 20.0. The van der Waals surface area contributed by atoms with Gasteiger partial charge in [-0.3, -0.25) is 19.1 Å². The summed E-state index contributed by atoms with van der Waals surface area (Å²) in [6.07, 6.45) is 0.409. The highest BCUT2D eigenvalue weighted by Gasteiger charge is 2.38. The molecule has 0 aliphatic carbocycles. The molecule has 0 saturated carbocycles. The Bertz CT molecular complexity index is 1420. The molecule has 5 rings (SSSR count). The summed E-state index contributed by atoms with van der Waals surface area (Å²) in [5.41, 5.74) is 10.00. The van der Waals surface area contributed by atoms with E-state index in [4.69, 9.17) is 10.7 Å². The van der Waals surface area contributed by atoms with Crippen molar-refractivity contribution in [2.75, 3.05) is 33.7 Å². The number of carboxylic acid groups (broad SMARTS) is 1. The summed E-state index contributed by atoms with van der Waals surface area (Å²) in [7, 11) is 3.85. The number of amides is 1. The largest absolute Gasteiger partial charge is 0.481 e. The lowest BCUT2D eigenvalue weighted by molar-refractivity contribution is -0.143. The van der Waals surface area contributed by atoms with E-state index in [-0.39, 0.29) is 11.9 Å². The van der Waals surface area contributed by atoms with Gasteiger partial charge in [-0.05, 0) is 65.5 Å². The maximum Gasteiger partial charge on any atom is 0.309 e. The van der Waals surface area contributed by atoms with E-state index in [1.807, 2.05) is 54.8 Å². The number of benzene rings is 1. The van der Waals surface area contributed by atoms with Crippen LogP contribution in [0.2, 0.25) is 0 Å². The molecule has 0 spiro atoms. The van der Waals surface area contributed by atoms with Gasteiger partial charge in [-0.25, -0.2) is 0 Å². The van der Waals surface area contributed by atoms with Crippen molar-refractivity contribution in [1.82, 2.24) is 24.6 Å². The first kappa shape index (κ1) is 26.2. The Morgan fingerprint density at radius 1 is 1.16 bits per heavy atom. The minimum absolute atomic E-state index is 0.0396. The highest BCUT2D eigenvalue weighted by Crippen LogP contribution is 2.41. The second-order valence-electron chi connectivity index (χ2n) is 10.4. The van der Waals surface area contributed by atoms with Crippen molar-refractivity contribution in [3.63, 3.8) is 0 Å². The average Bonchev–Trinajstić information content (AvgIpc) is 3.32. The van der Waals surface area contributed by atoms with Crippen molar-refractivity contribution in [3.05, 3.63) is 63.0 Å². The molecule has 3 N–H and O–H groups in total. The van der Waals surface area contributed by atoms with Gasteiger partial charge in [-0.2, -0.15) is 0 Å². The fraction of sp³-hybridized carbons (Fsp3) is 0.444. The predicted octanol–water partition coefficient (Wildman–Crippen LogP) is 2.58. The molecule has 4 heterocycles. The van der Waals surface area contributed by atoms with Crippen LogP contribution < -0.4 is 5.73 Å². The van der Waals surface area contributed by atoms with Crippen LogP contribution in [0.4, 0.5) is 0 Å². The Hall–Kier alpha value is -3.41. The lowest BCUT2D eigenvalue weighted by Crippen LogP contribution is -2.57. The third-order valence-electron chi connectivity index (χ3n) is 7.38. The van der Waals surface area contributed by atoms with Crippen LogP contribution in [0.3, 0.4) is 0 Å². The number of carboxylic acids is 1. The first-order valence-electron chi connectivity index (χ1n) is 12.7. The second-order valence-corrected chi connectivity index (χ2v) is 11.6. The molecular formula is C27H33N7O3S. The standard InChI is InChI=1S/C27H33N7O3S/c1-14-15(2)38-26-21(14)22(17-6-8-18(9-7-17)25(35)33-12-19(28)13-33)29-23(24-31-30-16(3)34(24)26)20(27(36)37)10-11-32(4)5/h6-9,19-20,23H,10-13,28H2,1-5H3,(H,36,37). The molecule has 11 heteroatoms. The molecular weight excluding hydrogens is 502 g/mol. The number of aliphatic imine (C=N–C) groups is 1. The number of fused-ring (bicyclic) bond motifs is 3. The minimum atomic E-state index is -0.918. The van der Waals surface area contributed by atoms with Gasteiger partial charge in [0.25, 0.3) is 5.91 Å². The molecule has 2 aliphatic heterocycles. The molecule has 38 heavy (non-hydrogen) atoms. The SMILES string of the molecule is Cc1sc2c(c1C)C(c1ccc(C(=O)N3CC(N)C3)cc1)=NC(C(CCN(C)C)C(=O)O)c1nnc(C)n1-2. The van der Waals surface area contributed by atoms with Crippen molar-refractivity contribution in [2.24, 2.45) is 16.6 Å². The summed E-state index contributed by atoms with van der Waals surface area (Å²) in [6.45, 7) is 7.74. The fourth-order valence-electron chi connectivity index (χ4n) is 5.06. The van der Waals surface area contributed by atoms with Gasteiger partial charge in [0.1, 0.15) is 16.9 Å². The monoisotopic (exact) mass is 535 g/mol. The zero-order valence-electron chi connectivity index (χ0n) is 22.3. The number of carbonyl (C=O) groups excluding carboxylic acids is 1. The Labute approximate surface area is 225 Å². The van der Waals surface area contributed by atoms with E-state index in [1.165, 1.54) is 0 Å². The van der Waals surface area contributed by atoms with Crippen molar-refractivity contribution >= 4 is 28.9 Å². The number of hydrogen-bond acceptors (Lipinski definition) is 8. The number of aryl methyl sites for hydroxylation is 2. The van der Waals surface area contributed by atoms with Gasteiger partial charge in [-0.15, -0.1) is 21.5 Å². The second kappa shape index (κ2) is 10.0. The van der Waals surface area contributed by atoms with E-state index < -0.39 is 17.9 Å². The number of nitrogens with zero attached hydrogens (tertiary/aromatic N) is 6. The summed E-state index contributed by atoms with van der Waals surface area (Å²) in [6, 6.07) is 6.72. The number of likely N-dealkylation sites (tertiary alicyclic amines) is 1. The van der Waals surface area contributed by atoms with Crippen LogP contribution in [-0.4, -0.2) is 87.0 Å². The lowest BCUT2D eigenvalue weighted by Gasteiger charge is -2.36. The van der Waals surface area contributed by atoms with E-state index >= 15 is 0 Å². The van der Waals surface area contributed by atoms with Crippen LogP contribution >= 0.6 is 11.3 Å². The van der Waals surface area contributed by atoms with Crippen molar-refractivity contribution in [3.8, 4) is 5.00 Å². The van der Waals surface area contributed by atoms with Gasteiger partial charge in [0.2, 0.25) is 0 Å². The van der Waals surface area contributed by atoms with Gasteiger partial charge < -0.3 is 20.6 Å². The molecule has 0 bridgehead atoms. The van der Waals surface area contributed by atoms with Crippen LogP contribution in [0, 0.1) is 26.7 Å². The van der Waals surface area contributed by atoms with Crippen LogP contribution in [-0.2, 0) is 4.79 Å².